The van der Waals surface area contributed by atoms with Gasteiger partial charge < -0.3 is 4.74 Å². The molecule has 0 saturated carbocycles. The van der Waals surface area contributed by atoms with Crippen molar-refractivity contribution in [3.63, 3.8) is 0 Å². The first-order chi connectivity index (χ1) is 6.72. The summed E-state index contributed by atoms with van der Waals surface area (Å²) in [6.07, 6.45) is 1.63. The molecule has 1 heterocycles. The lowest BCUT2D eigenvalue weighted by atomic mass is 10.1. The molecule has 0 fully saturated rings. The molecule has 0 aliphatic heterocycles. The van der Waals surface area contributed by atoms with Crippen molar-refractivity contribution in [3.05, 3.63) is 29.5 Å². The molecule has 2 aromatic rings. The number of carbonyl (C=O) groups is 1. The van der Waals surface area contributed by atoms with E-state index in [1.165, 1.54) is 7.11 Å². The van der Waals surface area contributed by atoms with Crippen LogP contribution in [0.5, 0.6) is 0 Å². The molecule has 0 aliphatic carbocycles. The maximum atomic E-state index is 11.4. The van der Waals surface area contributed by atoms with Gasteiger partial charge in [0.25, 0.3) is 0 Å². The van der Waals surface area contributed by atoms with Crippen LogP contribution in [0.3, 0.4) is 0 Å². The minimum atomic E-state index is -0.333. The summed E-state index contributed by atoms with van der Waals surface area (Å²) in [6, 6.07) is 3.73. The summed E-state index contributed by atoms with van der Waals surface area (Å²) in [5, 5.41) is 7.50. The zero-order chi connectivity index (χ0) is 10.1. The number of hydrogen-bond donors (Lipinski definition) is 1. The molecule has 0 bridgehead atoms. The quantitative estimate of drug-likeness (QED) is 0.696. The van der Waals surface area contributed by atoms with Crippen LogP contribution < -0.4 is 0 Å². The summed E-state index contributed by atoms with van der Waals surface area (Å²) in [5.41, 5.74) is 2.41. The number of fused-ring (bicyclic) bond motifs is 1. The van der Waals surface area contributed by atoms with E-state index in [9.17, 15) is 4.79 Å². The van der Waals surface area contributed by atoms with Crippen LogP contribution in [0.1, 0.15) is 15.9 Å². The molecule has 2 rings (SSSR count). The lowest BCUT2D eigenvalue weighted by Crippen LogP contribution is -2.01. The fourth-order valence-electron chi connectivity index (χ4n) is 1.47. The zero-order valence-electron chi connectivity index (χ0n) is 8.00. The van der Waals surface area contributed by atoms with Crippen molar-refractivity contribution in [2.75, 3.05) is 7.11 Å². The number of esters is 1. The fourth-order valence-corrected chi connectivity index (χ4v) is 1.47. The average molecular weight is 190 g/mol. The first-order valence-electron chi connectivity index (χ1n) is 4.24. The summed E-state index contributed by atoms with van der Waals surface area (Å²) >= 11 is 0. The highest BCUT2D eigenvalue weighted by molar-refractivity contribution is 6.03. The van der Waals surface area contributed by atoms with E-state index < -0.39 is 0 Å². The zero-order valence-corrected chi connectivity index (χ0v) is 8.00. The van der Waals surface area contributed by atoms with Crippen molar-refractivity contribution >= 4 is 16.9 Å². The Kier molecular flexibility index (Phi) is 1.96. The average Bonchev–Trinajstić information content (AvgIpc) is 2.62. The Labute approximate surface area is 80.9 Å². The van der Waals surface area contributed by atoms with Gasteiger partial charge in [-0.05, 0) is 24.6 Å². The number of hydrogen-bond acceptors (Lipinski definition) is 3. The predicted molar refractivity (Wildman–Crippen MR) is 52.2 cm³/mol. The molecule has 4 nitrogen and oxygen atoms in total. The number of ether oxygens (including phenoxy) is 1. The van der Waals surface area contributed by atoms with Crippen molar-refractivity contribution in [2.24, 2.45) is 0 Å². The van der Waals surface area contributed by atoms with Gasteiger partial charge in [-0.1, -0.05) is 0 Å². The molecule has 0 atom stereocenters. The first-order valence-corrected chi connectivity index (χ1v) is 4.24. The molecular formula is C10H10N2O2. The number of aromatic amines is 1. The Morgan fingerprint density at radius 1 is 1.50 bits per heavy atom. The van der Waals surface area contributed by atoms with Gasteiger partial charge >= 0.3 is 5.97 Å². The highest BCUT2D eigenvalue weighted by Gasteiger charge is 2.11. The lowest BCUT2D eigenvalue weighted by molar-refractivity contribution is 0.0603. The van der Waals surface area contributed by atoms with Crippen LogP contribution in [0.15, 0.2) is 18.3 Å². The molecular weight excluding hydrogens is 180 g/mol. The second kappa shape index (κ2) is 3.14. The third-order valence-corrected chi connectivity index (χ3v) is 2.11. The molecule has 1 N–H and O–H groups in total. The van der Waals surface area contributed by atoms with Crippen molar-refractivity contribution in [1.82, 2.24) is 10.2 Å². The van der Waals surface area contributed by atoms with Gasteiger partial charge in [-0.3, -0.25) is 5.10 Å². The van der Waals surface area contributed by atoms with Crippen LogP contribution in [0.2, 0.25) is 0 Å². The van der Waals surface area contributed by atoms with E-state index in [2.05, 4.69) is 14.9 Å². The first kappa shape index (κ1) is 8.74. The number of nitrogens with one attached hydrogen (secondary N) is 1. The van der Waals surface area contributed by atoms with Crippen molar-refractivity contribution in [3.8, 4) is 0 Å². The Hall–Kier alpha value is -1.84. The van der Waals surface area contributed by atoms with Gasteiger partial charge in [-0.15, -0.1) is 0 Å². The van der Waals surface area contributed by atoms with E-state index in [4.69, 9.17) is 0 Å². The van der Waals surface area contributed by atoms with Gasteiger partial charge in [0, 0.05) is 5.39 Å². The number of methoxy groups -OCH3 is 1. The monoisotopic (exact) mass is 190 g/mol. The lowest BCUT2D eigenvalue weighted by Gasteiger charge is -2.01. The number of rotatable bonds is 1. The summed E-state index contributed by atoms with van der Waals surface area (Å²) in [4.78, 5) is 11.4. The highest BCUT2D eigenvalue weighted by atomic mass is 16.5. The minimum absolute atomic E-state index is 0.333. The second-order valence-corrected chi connectivity index (χ2v) is 3.14. The molecule has 14 heavy (non-hydrogen) atoms. The molecule has 0 radical (unpaired) electrons. The maximum absolute atomic E-state index is 11.4. The fraction of sp³-hybridized carbons (Fsp3) is 0.200. The van der Waals surface area contributed by atoms with Gasteiger partial charge in [0.05, 0.1) is 24.4 Å². The molecule has 0 spiro atoms. The maximum Gasteiger partial charge on any atom is 0.338 e. The van der Waals surface area contributed by atoms with Crippen LogP contribution in [0.4, 0.5) is 0 Å². The van der Waals surface area contributed by atoms with Crippen LogP contribution >= 0.6 is 0 Å². The number of nitrogens with zero attached hydrogens (tertiary/aromatic N) is 1. The molecule has 4 heteroatoms. The SMILES string of the molecule is COC(=O)c1cc(C)cc2[nH]ncc12. The summed E-state index contributed by atoms with van der Waals surface area (Å²) in [5.74, 6) is -0.333. The predicted octanol–water partition coefficient (Wildman–Crippen LogP) is 1.66. The Bertz CT molecular complexity index is 488. The molecule has 1 aromatic carbocycles. The Morgan fingerprint density at radius 2 is 2.29 bits per heavy atom. The van der Waals surface area contributed by atoms with Gasteiger partial charge in [-0.2, -0.15) is 5.10 Å². The Balaban J connectivity index is 2.72. The summed E-state index contributed by atoms with van der Waals surface area (Å²) in [6.45, 7) is 1.92. The smallest absolute Gasteiger partial charge is 0.338 e. The van der Waals surface area contributed by atoms with E-state index in [0.717, 1.165) is 16.5 Å². The highest BCUT2D eigenvalue weighted by Crippen LogP contribution is 2.19. The summed E-state index contributed by atoms with van der Waals surface area (Å²) in [7, 11) is 1.37. The Morgan fingerprint density at radius 3 is 3.00 bits per heavy atom. The van der Waals surface area contributed by atoms with Gasteiger partial charge in [0.15, 0.2) is 0 Å². The van der Waals surface area contributed by atoms with Gasteiger partial charge in [0.2, 0.25) is 0 Å². The molecule has 0 aliphatic rings. The number of H-pyrrole nitrogens is 1. The molecule has 1 aromatic heterocycles. The molecule has 0 amide bonds. The van der Waals surface area contributed by atoms with Crippen LogP contribution in [0.25, 0.3) is 10.9 Å². The van der Waals surface area contributed by atoms with Gasteiger partial charge in [-0.25, -0.2) is 4.79 Å². The van der Waals surface area contributed by atoms with Crippen LogP contribution in [-0.4, -0.2) is 23.3 Å². The number of benzene rings is 1. The number of aromatic nitrogens is 2. The van der Waals surface area contributed by atoms with Crippen molar-refractivity contribution < 1.29 is 9.53 Å². The van der Waals surface area contributed by atoms with E-state index in [-0.39, 0.29) is 5.97 Å². The number of carbonyl (C=O) groups excluding carboxylic acids is 1. The minimum Gasteiger partial charge on any atom is -0.465 e. The third-order valence-electron chi connectivity index (χ3n) is 2.11. The summed E-state index contributed by atoms with van der Waals surface area (Å²) < 4.78 is 4.69. The number of aryl methyl sites for hydroxylation is 1. The van der Waals surface area contributed by atoms with Crippen molar-refractivity contribution in [1.29, 1.82) is 0 Å². The normalized spacial score (nSPS) is 10.4. The van der Waals surface area contributed by atoms with Crippen LogP contribution in [-0.2, 0) is 4.74 Å². The third kappa shape index (κ3) is 1.25. The van der Waals surface area contributed by atoms with Crippen molar-refractivity contribution in [2.45, 2.75) is 6.92 Å². The standard InChI is InChI=1S/C10H10N2O2/c1-6-3-7(10(13)14-2)8-5-11-12-9(8)4-6/h3-5H,1-2H3,(H,11,12). The topological polar surface area (TPSA) is 55.0 Å². The second-order valence-electron chi connectivity index (χ2n) is 3.14. The molecule has 72 valence electrons. The largest absolute Gasteiger partial charge is 0.465 e. The van der Waals surface area contributed by atoms with E-state index in [1.807, 2.05) is 13.0 Å². The molecule has 0 unspecified atom stereocenters. The van der Waals surface area contributed by atoms with E-state index in [1.54, 1.807) is 12.3 Å². The molecule has 0 saturated heterocycles. The van der Waals surface area contributed by atoms with Gasteiger partial charge in [0.1, 0.15) is 0 Å². The van der Waals surface area contributed by atoms with E-state index >= 15 is 0 Å². The van der Waals surface area contributed by atoms with Crippen LogP contribution in [0, 0.1) is 6.92 Å². The van der Waals surface area contributed by atoms with E-state index in [0.29, 0.717) is 5.56 Å².